The van der Waals surface area contributed by atoms with Gasteiger partial charge in [0.1, 0.15) is 0 Å². The molecular formula is C31H54. The van der Waals surface area contributed by atoms with Gasteiger partial charge in [0.25, 0.3) is 0 Å². The minimum atomic E-state index is 0.616. The second-order valence-corrected chi connectivity index (χ2v) is 13.7. The molecule has 4 saturated carbocycles. The van der Waals surface area contributed by atoms with E-state index < -0.39 is 0 Å². The normalized spacial score (nSPS) is 47.9. The smallest absolute Gasteiger partial charge is 0.0264 e. The summed E-state index contributed by atoms with van der Waals surface area (Å²) in [6.45, 7) is 20.0. The van der Waals surface area contributed by atoms with Crippen molar-refractivity contribution in [3.05, 3.63) is 12.2 Å². The van der Waals surface area contributed by atoms with E-state index in [1.165, 1.54) is 89.0 Å². The van der Waals surface area contributed by atoms with Crippen LogP contribution in [0.15, 0.2) is 12.2 Å². The maximum absolute atomic E-state index is 4.40. The molecule has 0 spiro atoms. The van der Waals surface area contributed by atoms with Crippen LogP contribution in [0.3, 0.4) is 0 Å². The van der Waals surface area contributed by atoms with Crippen molar-refractivity contribution >= 4 is 0 Å². The highest BCUT2D eigenvalue weighted by molar-refractivity contribution is 5.11. The summed E-state index contributed by atoms with van der Waals surface area (Å²) in [6, 6.07) is 0. The van der Waals surface area contributed by atoms with Crippen molar-refractivity contribution in [2.45, 2.75) is 125 Å². The van der Waals surface area contributed by atoms with Gasteiger partial charge < -0.3 is 0 Å². The van der Waals surface area contributed by atoms with E-state index >= 15 is 0 Å². The Balaban J connectivity index is 1.46. The van der Waals surface area contributed by atoms with Gasteiger partial charge in [-0.15, -0.1) is 0 Å². The number of fused-ring (bicyclic) bond motifs is 5. The minimum absolute atomic E-state index is 0.616. The van der Waals surface area contributed by atoms with E-state index in [1.54, 1.807) is 0 Å². The van der Waals surface area contributed by atoms with E-state index in [0.29, 0.717) is 10.8 Å². The summed E-state index contributed by atoms with van der Waals surface area (Å²) in [4.78, 5) is 0. The van der Waals surface area contributed by atoms with Gasteiger partial charge in [-0.3, -0.25) is 0 Å². The first-order valence-corrected chi connectivity index (χ1v) is 14.4. The Morgan fingerprint density at radius 2 is 1.65 bits per heavy atom. The molecule has 178 valence electrons. The fraction of sp³-hybridized carbons (Fsp3) is 0.935. The SMILES string of the molecule is C=C(CCCC)CCC(C)C1CCC2C3C(C)CC4CC(C)CCC4(C)C3CCC12C. The predicted molar refractivity (Wildman–Crippen MR) is 136 cm³/mol. The Hall–Kier alpha value is -0.260. The standard InChI is InChI=1S/C31H54/c1-8-9-10-21(2)11-12-23(4)26-13-14-27-29-24(5)20-25-19-22(3)15-17-30(25,6)28(29)16-18-31(26,27)7/h22-29H,2,8-20H2,1,3-7H3. The summed E-state index contributed by atoms with van der Waals surface area (Å²) >= 11 is 0. The van der Waals surface area contributed by atoms with Crippen molar-refractivity contribution in [1.82, 2.24) is 0 Å². The lowest BCUT2D eigenvalue weighted by molar-refractivity contribution is -0.142. The molecule has 4 fully saturated rings. The monoisotopic (exact) mass is 426 g/mol. The van der Waals surface area contributed by atoms with Gasteiger partial charge in [-0.25, -0.2) is 0 Å². The van der Waals surface area contributed by atoms with Crippen LogP contribution in [0.4, 0.5) is 0 Å². The Bertz CT molecular complexity index is 632. The maximum Gasteiger partial charge on any atom is -0.0264 e. The Morgan fingerprint density at radius 1 is 0.935 bits per heavy atom. The first-order chi connectivity index (χ1) is 14.7. The highest BCUT2D eigenvalue weighted by Gasteiger charge is 2.61. The molecule has 4 aliphatic carbocycles. The van der Waals surface area contributed by atoms with E-state index in [1.807, 2.05) is 0 Å². The average Bonchev–Trinajstić information content (AvgIpc) is 3.09. The van der Waals surface area contributed by atoms with E-state index in [9.17, 15) is 0 Å². The molecular weight excluding hydrogens is 372 g/mol. The van der Waals surface area contributed by atoms with Crippen LogP contribution in [0.5, 0.6) is 0 Å². The highest BCUT2D eigenvalue weighted by Crippen LogP contribution is 2.69. The molecule has 0 saturated heterocycles. The molecule has 0 heteroatoms. The molecule has 0 aromatic rings. The summed E-state index contributed by atoms with van der Waals surface area (Å²) in [5, 5.41) is 0. The summed E-state index contributed by atoms with van der Waals surface area (Å²) in [7, 11) is 0. The van der Waals surface area contributed by atoms with Crippen molar-refractivity contribution in [2.75, 3.05) is 0 Å². The first kappa shape index (κ1) is 23.9. The second kappa shape index (κ2) is 9.18. The summed E-state index contributed by atoms with van der Waals surface area (Å²) in [5.41, 5.74) is 2.79. The zero-order valence-electron chi connectivity index (χ0n) is 22.0. The van der Waals surface area contributed by atoms with Gasteiger partial charge in [-0.1, -0.05) is 66.5 Å². The van der Waals surface area contributed by atoms with Gasteiger partial charge in [0.2, 0.25) is 0 Å². The van der Waals surface area contributed by atoms with Crippen LogP contribution in [0.25, 0.3) is 0 Å². The van der Waals surface area contributed by atoms with Crippen LogP contribution in [-0.2, 0) is 0 Å². The lowest BCUT2D eigenvalue weighted by Gasteiger charge is -2.63. The molecule has 4 rings (SSSR count). The van der Waals surface area contributed by atoms with Crippen LogP contribution in [0.1, 0.15) is 125 Å². The van der Waals surface area contributed by atoms with E-state index in [4.69, 9.17) is 0 Å². The Labute approximate surface area is 195 Å². The number of unbranched alkanes of at least 4 members (excludes halogenated alkanes) is 1. The zero-order chi connectivity index (χ0) is 22.4. The highest BCUT2D eigenvalue weighted by atomic mass is 14.7. The van der Waals surface area contributed by atoms with Crippen molar-refractivity contribution in [3.63, 3.8) is 0 Å². The van der Waals surface area contributed by atoms with Crippen LogP contribution >= 0.6 is 0 Å². The molecule has 0 bridgehead atoms. The molecule has 0 heterocycles. The van der Waals surface area contributed by atoms with Gasteiger partial charge in [0.05, 0.1) is 0 Å². The Kier molecular flexibility index (Phi) is 7.07. The number of hydrogen-bond acceptors (Lipinski definition) is 0. The van der Waals surface area contributed by atoms with Gasteiger partial charge in [-0.05, 0) is 129 Å². The van der Waals surface area contributed by atoms with Crippen molar-refractivity contribution in [1.29, 1.82) is 0 Å². The fourth-order valence-electron chi connectivity index (χ4n) is 10.0. The third-order valence-corrected chi connectivity index (χ3v) is 11.9. The summed E-state index contributed by atoms with van der Waals surface area (Å²) in [5.74, 6) is 7.83. The molecule has 0 aromatic heterocycles. The zero-order valence-corrected chi connectivity index (χ0v) is 22.0. The molecule has 10 atom stereocenters. The molecule has 10 unspecified atom stereocenters. The van der Waals surface area contributed by atoms with Gasteiger partial charge >= 0.3 is 0 Å². The molecule has 0 N–H and O–H groups in total. The largest absolute Gasteiger partial charge is 0.0999 e. The second-order valence-electron chi connectivity index (χ2n) is 13.7. The summed E-state index contributed by atoms with van der Waals surface area (Å²) in [6.07, 6.45) is 18.7. The van der Waals surface area contributed by atoms with Crippen molar-refractivity contribution in [3.8, 4) is 0 Å². The van der Waals surface area contributed by atoms with Crippen molar-refractivity contribution < 1.29 is 0 Å². The van der Waals surface area contributed by atoms with E-state index in [-0.39, 0.29) is 0 Å². The Morgan fingerprint density at radius 3 is 2.39 bits per heavy atom. The summed E-state index contributed by atoms with van der Waals surface area (Å²) < 4.78 is 0. The molecule has 0 amide bonds. The molecule has 0 aromatic carbocycles. The average molecular weight is 427 g/mol. The van der Waals surface area contributed by atoms with Crippen LogP contribution in [0.2, 0.25) is 0 Å². The molecule has 0 nitrogen and oxygen atoms in total. The predicted octanol–water partition coefficient (Wildman–Crippen LogP) is 9.69. The quantitative estimate of drug-likeness (QED) is 0.355. The van der Waals surface area contributed by atoms with Gasteiger partial charge in [0.15, 0.2) is 0 Å². The lowest BCUT2D eigenvalue weighted by atomic mass is 9.42. The number of allylic oxidation sites excluding steroid dienone is 1. The van der Waals surface area contributed by atoms with Crippen molar-refractivity contribution in [2.24, 2.45) is 58.2 Å². The third kappa shape index (κ3) is 4.21. The third-order valence-electron chi connectivity index (χ3n) is 11.9. The maximum atomic E-state index is 4.40. The minimum Gasteiger partial charge on any atom is -0.0999 e. The topological polar surface area (TPSA) is 0 Å². The van der Waals surface area contributed by atoms with Gasteiger partial charge in [0, 0.05) is 0 Å². The van der Waals surface area contributed by atoms with Crippen LogP contribution < -0.4 is 0 Å². The fourth-order valence-corrected chi connectivity index (χ4v) is 10.0. The van der Waals surface area contributed by atoms with E-state index in [0.717, 1.165) is 47.3 Å². The lowest BCUT2D eigenvalue weighted by Crippen LogP contribution is -2.56. The van der Waals surface area contributed by atoms with Crippen LogP contribution in [0, 0.1) is 58.2 Å². The van der Waals surface area contributed by atoms with E-state index in [2.05, 4.69) is 48.1 Å². The molecule has 31 heavy (non-hydrogen) atoms. The van der Waals surface area contributed by atoms with Gasteiger partial charge in [-0.2, -0.15) is 0 Å². The molecule has 4 aliphatic rings. The molecule has 0 aliphatic heterocycles. The first-order valence-electron chi connectivity index (χ1n) is 14.4. The molecule has 0 radical (unpaired) electrons. The van der Waals surface area contributed by atoms with Crippen LogP contribution in [-0.4, -0.2) is 0 Å². The number of hydrogen-bond donors (Lipinski definition) is 0. The number of rotatable bonds is 7.